The molecule has 3 atom stereocenters. The lowest BCUT2D eigenvalue weighted by atomic mass is 10.0. The van der Waals surface area contributed by atoms with Crippen LogP contribution in [0.15, 0.2) is 0 Å². The first-order valence-electron chi connectivity index (χ1n) is 8.20. The van der Waals surface area contributed by atoms with Gasteiger partial charge in [0.2, 0.25) is 0 Å². The smallest absolute Gasteiger partial charge is 0.0107 e. The van der Waals surface area contributed by atoms with Crippen LogP contribution in [0.25, 0.3) is 0 Å². The van der Waals surface area contributed by atoms with E-state index in [-0.39, 0.29) is 0 Å². The monoisotopic (exact) mass is 254 g/mol. The van der Waals surface area contributed by atoms with E-state index in [4.69, 9.17) is 0 Å². The van der Waals surface area contributed by atoms with Gasteiger partial charge < -0.3 is 10.2 Å². The zero-order valence-corrected chi connectivity index (χ0v) is 13.0. The predicted octanol–water partition coefficient (Wildman–Crippen LogP) is 3.67. The van der Waals surface area contributed by atoms with E-state index >= 15 is 0 Å². The van der Waals surface area contributed by atoms with E-state index in [0.717, 1.165) is 24.5 Å². The van der Waals surface area contributed by atoms with Gasteiger partial charge >= 0.3 is 0 Å². The number of hydrogen-bond acceptors (Lipinski definition) is 2. The van der Waals surface area contributed by atoms with Gasteiger partial charge in [-0.25, -0.2) is 0 Å². The zero-order chi connectivity index (χ0) is 13.4. The Balaban J connectivity index is 2.47. The van der Waals surface area contributed by atoms with Crippen molar-refractivity contribution in [3.05, 3.63) is 0 Å². The Labute approximate surface area is 115 Å². The zero-order valence-electron chi connectivity index (χ0n) is 13.0. The van der Waals surface area contributed by atoms with Crippen LogP contribution >= 0.6 is 0 Å². The van der Waals surface area contributed by atoms with Crippen LogP contribution in [0.4, 0.5) is 0 Å². The first kappa shape index (κ1) is 16.0. The van der Waals surface area contributed by atoms with Gasteiger partial charge in [-0.05, 0) is 51.6 Å². The van der Waals surface area contributed by atoms with Crippen molar-refractivity contribution in [2.75, 3.05) is 19.6 Å². The van der Waals surface area contributed by atoms with E-state index in [2.05, 4.69) is 37.9 Å². The van der Waals surface area contributed by atoms with Gasteiger partial charge in [-0.15, -0.1) is 0 Å². The summed E-state index contributed by atoms with van der Waals surface area (Å²) in [7, 11) is 0. The van der Waals surface area contributed by atoms with Crippen LogP contribution in [-0.2, 0) is 0 Å². The maximum Gasteiger partial charge on any atom is 0.0107 e. The summed E-state index contributed by atoms with van der Waals surface area (Å²) in [6, 6.07) is 1.53. The van der Waals surface area contributed by atoms with Crippen LogP contribution in [0.3, 0.4) is 0 Å². The van der Waals surface area contributed by atoms with Crippen LogP contribution in [0, 0.1) is 5.92 Å². The Morgan fingerprint density at radius 1 is 1.22 bits per heavy atom. The molecule has 0 bridgehead atoms. The molecule has 108 valence electrons. The Bertz CT molecular complexity index is 205. The SMILES string of the molecule is CCCCN(CC1CCCC1NCC)C(C)CC. The third-order valence-corrected chi connectivity index (χ3v) is 4.61. The Hall–Kier alpha value is -0.0800. The lowest BCUT2D eigenvalue weighted by Gasteiger charge is -2.33. The standard InChI is InChI=1S/C16H34N2/c1-5-8-12-18(14(4)6-2)13-15-10-9-11-16(15)17-7-3/h14-17H,5-13H2,1-4H3. The third-order valence-electron chi connectivity index (χ3n) is 4.61. The normalized spacial score (nSPS) is 25.8. The summed E-state index contributed by atoms with van der Waals surface area (Å²) in [6.45, 7) is 13.0. The lowest BCUT2D eigenvalue weighted by molar-refractivity contribution is 0.160. The number of nitrogens with one attached hydrogen (secondary N) is 1. The molecule has 0 saturated heterocycles. The molecule has 18 heavy (non-hydrogen) atoms. The number of unbranched alkanes of at least 4 members (excludes halogenated alkanes) is 1. The summed E-state index contributed by atoms with van der Waals surface area (Å²) < 4.78 is 0. The van der Waals surface area contributed by atoms with Crippen molar-refractivity contribution in [1.29, 1.82) is 0 Å². The average Bonchev–Trinajstić information content (AvgIpc) is 2.81. The topological polar surface area (TPSA) is 15.3 Å². The summed E-state index contributed by atoms with van der Waals surface area (Å²) in [5, 5.41) is 3.69. The molecule has 1 aliphatic rings. The fourth-order valence-corrected chi connectivity index (χ4v) is 3.20. The number of rotatable bonds is 9. The van der Waals surface area contributed by atoms with Crippen LogP contribution in [-0.4, -0.2) is 36.6 Å². The molecule has 1 N–H and O–H groups in total. The molecular weight excluding hydrogens is 220 g/mol. The van der Waals surface area contributed by atoms with Crippen LogP contribution < -0.4 is 5.32 Å². The molecule has 0 aromatic heterocycles. The van der Waals surface area contributed by atoms with Gasteiger partial charge in [-0.1, -0.05) is 33.6 Å². The largest absolute Gasteiger partial charge is 0.314 e. The Kier molecular flexibility index (Phi) is 7.92. The summed E-state index contributed by atoms with van der Waals surface area (Å²) in [4.78, 5) is 2.74. The molecule has 2 heteroatoms. The van der Waals surface area contributed by atoms with Gasteiger partial charge in [-0.2, -0.15) is 0 Å². The van der Waals surface area contributed by atoms with Crippen molar-refractivity contribution >= 4 is 0 Å². The second-order valence-corrected chi connectivity index (χ2v) is 5.96. The maximum atomic E-state index is 3.69. The van der Waals surface area contributed by atoms with Crippen LogP contribution in [0.1, 0.15) is 66.2 Å². The van der Waals surface area contributed by atoms with Crippen molar-refractivity contribution in [2.45, 2.75) is 78.3 Å². The van der Waals surface area contributed by atoms with Crippen molar-refractivity contribution < 1.29 is 0 Å². The van der Waals surface area contributed by atoms with Gasteiger partial charge in [-0.3, -0.25) is 0 Å². The van der Waals surface area contributed by atoms with Crippen molar-refractivity contribution in [3.8, 4) is 0 Å². The van der Waals surface area contributed by atoms with E-state index < -0.39 is 0 Å². The summed E-state index contributed by atoms with van der Waals surface area (Å²) in [6.07, 6.45) is 8.18. The second-order valence-electron chi connectivity index (χ2n) is 5.96. The quantitative estimate of drug-likeness (QED) is 0.675. The molecule has 0 aromatic rings. The average molecular weight is 254 g/mol. The van der Waals surface area contributed by atoms with E-state index in [9.17, 15) is 0 Å². The van der Waals surface area contributed by atoms with E-state index in [1.165, 1.54) is 51.6 Å². The molecule has 1 fully saturated rings. The van der Waals surface area contributed by atoms with Crippen molar-refractivity contribution in [1.82, 2.24) is 10.2 Å². The molecule has 0 amide bonds. The van der Waals surface area contributed by atoms with E-state index in [0.29, 0.717) is 0 Å². The van der Waals surface area contributed by atoms with Crippen molar-refractivity contribution in [3.63, 3.8) is 0 Å². The fraction of sp³-hybridized carbons (Fsp3) is 1.00. The predicted molar refractivity (Wildman–Crippen MR) is 81.0 cm³/mol. The molecule has 3 unspecified atom stereocenters. The molecule has 0 radical (unpaired) electrons. The van der Waals surface area contributed by atoms with Gasteiger partial charge in [0.1, 0.15) is 0 Å². The van der Waals surface area contributed by atoms with Gasteiger partial charge in [0, 0.05) is 18.6 Å². The molecular formula is C16H34N2. The Morgan fingerprint density at radius 2 is 2.00 bits per heavy atom. The van der Waals surface area contributed by atoms with Crippen LogP contribution in [0.5, 0.6) is 0 Å². The molecule has 0 spiro atoms. The summed E-state index contributed by atoms with van der Waals surface area (Å²) in [5.74, 6) is 0.885. The van der Waals surface area contributed by atoms with Gasteiger partial charge in [0.15, 0.2) is 0 Å². The highest BCUT2D eigenvalue weighted by molar-refractivity contribution is 4.85. The molecule has 0 heterocycles. The van der Waals surface area contributed by atoms with Crippen LogP contribution in [0.2, 0.25) is 0 Å². The molecule has 0 aromatic carbocycles. The highest BCUT2D eigenvalue weighted by Gasteiger charge is 2.28. The van der Waals surface area contributed by atoms with E-state index in [1.807, 2.05) is 0 Å². The van der Waals surface area contributed by atoms with Crippen molar-refractivity contribution in [2.24, 2.45) is 5.92 Å². The summed E-state index contributed by atoms with van der Waals surface area (Å²) >= 11 is 0. The highest BCUT2D eigenvalue weighted by atomic mass is 15.2. The first-order valence-corrected chi connectivity index (χ1v) is 8.20. The number of hydrogen-bond donors (Lipinski definition) is 1. The Morgan fingerprint density at radius 3 is 2.61 bits per heavy atom. The lowest BCUT2D eigenvalue weighted by Crippen LogP contribution is -2.43. The highest BCUT2D eigenvalue weighted by Crippen LogP contribution is 2.27. The third kappa shape index (κ3) is 4.89. The van der Waals surface area contributed by atoms with Gasteiger partial charge in [0.05, 0.1) is 0 Å². The second kappa shape index (κ2) is 8.92. The first-order chi connectivity index (χ1) is 8.72. The number of nitrogens with zero attached hydrogens (tertiary/aromatic N) is 1. The van der Waals surface area contributed by atoms with Gasteiger partial charge in [0.25, 0.3) is 0 Å². The fourth-order valence-electron chi connectivity index (χ4n) is 3.20. The molecule has 1 saturated carbocycles. The molecule has 1 aliphatic carbocycles. The molecule has 2 nitrogen and oxygen atoms in total. The summed E-state index contributed by atoms with van der Waals surface area (Å²) in [5.41, 5.74) is 0. The van der Waals surface area contributed by atoms with E-state index in [1.54, 1.807) is 0 Å². The maximum absolute atomic E-state index is 3.69. The minimum absolute atomic E-state index is 0.749. The minimum Gasteiger partial charge on any atom is -0.314 e. The minimum atomic E-state index is 0.749. The molecule has 0 aliphatic heterocycles. The molecule has 1 rings (SSSR count).